The van der Waals surface area contributed by atoms with E-state index < -0.39 is 0 Å². The van der Waals surface area contributed by atoms with Crippen molar-refractivity contribution >= 4 is 29.9 Å². The number of aromatic nitrogens is 2. The first kappa shape index (κ1) is 23.2. The van der Waals surface area contributed by atoms with Gasteiger partial charge in [0.2, 0.25) is 0 Å². The summed E-state index contributed by atoms with van der Waals surface area (Å²) < 4.78 is 13.0. The molecule has 1 saturated heterocycles. The molecule has 1 aromatic heterocycles. The van der Waals surface area contributed by atoms with Gasteiger partial charge in [0.1, 0.15) is 0 Å². The summed E-state index contributed by atoms with van der Waals surface area (Å²) in [6.45, 7) is 9.19. The number of hydrogen-bond donors (Lipinski definition) is 2. The van der Waals surface area contributed by atoms with Gasteiger partial charge in [-0.25, -0.2) is 0 Å². The minimum atomic E-state index is 0. The third-order valence-electron chi connectivity index (χ3n) is 4.69. The van der Waals surface area contributed by atoms with Gasteiger partial charge in [0.25, 0.3) is 0 Å². The van der Waals surface area contributed by atoms with Crippen LogP contribution in [-0.4, -0.2) is 62.3 Å². The maximum atomic E-state index is 5.71. The van der Waals surface area contributed by atoms with Crippen LogP contribution < -0.4 is 10.6 Å². The van der Waals surface area contributed by atoms with Gasteiger partial charge in [-0.05, 0) is 38.7 Å². The van der Waals surface area contributed by atoms with E-state index in [0.717, 1.165) is 70.4 Å². The molecule has 8 heteroatoms. The molecule has 1 fully saturated rings. The molecule has 26 heavy (non-hydrogen) atoms. The summed E-state index contributed by atoms with van der Waals surface area (Å²) in [5.74, 6) is 1.42. The van der Waals surface area contributed by atoms with Crippen LogP contribution in [0.2, 0.25) is 0 Å². The van der Waals surface area contributed by atoms with E-state index in [1.165, 1.54) is 11.3 Å². The minimum absolute atomic E-state index is 0. The number of nitrogens with one attached hydrogen (secondary N) is 2. The smallest absolute Gasteiger partial charge is 0.190 e. The van der Waals surface area contributed by atoms with Crippen LogP contribution in [0.5, 0.6) is 0 Å². The van der Waals surface area contributed by atoms with E-state index in [4.69, 9.17) is 9.47 Å². The maximum absolute atomic E-state index is 5.71. The Morgan fingerprint density at radius 1 is 1.35 bits per heavy atom. The predicted octanol–water partition coefficient (Wildman–Crippen LogP) is 1.81. The first-order valence-electron chi connectivity index (χ1n) is 9.21. The fourth-order valence-corrected chi connectivity index (χ4v) is 3.05. The fourth-order valence-electron chi connectivity index (χ4n) is 3.05. The summed E-state index contributed by atoms with van der Waals surface area (Å²) >= 11 is 0. The zero-order valence-corrected chi connectivity index (χ0v) is 18.8. The molecule has 0 aliphatic carbocycles. The Morgan fingerprint density at radius 3 is 2.73 bits per heavy atom. The van der Waals surface area contributed by atoms with Crippen LogP contribution in [0.15, 0.2) is 4.99 Å². The third-order valence-corrected chi connectivity index (χ3v) is 4.69. The first-order chi connectivity index (χ1) is 12.1. The topological polar surface area (TPSA) is 72.7 Å². The molecule has 1 aliphatic heterocycles. The summed E-state index contributed by atoms with van der Waals surface area (Å²) in [4.78, 5) is 4.27. The van der Waals surface area contributed by atoms with Gasteiger partial charge in [-0.1, -0.05) is 0 Å². The van der Waals surface area contributed by atoms with Crippen LogP contribution in [0.3, 0.4) is 0 Å². The highest BCUT2D eigenvalue weighted by atomic mass is 127. The lowest BCUT2D eigenvalue weighted by Gasteiger charge is -2.13. The van der Waals surface area contributed by atoms with Gasteiger partial charge in [-0.15, -0.1) is 24.0 Å². The zero-order valence-electron chi connectivity index (χ0n) is 16.5. The van der Waals surface area contributed by atoms with E-state index in [1.54, 1.807) is 7.05 Å². The van der Waals surface area contributed by atoms with Crippen molar-refractivity contribution in [2.45, 2.75) is 33.1 Å². The minimum Gasteiger partial charge on any atom is -0.381 e. The van der Waals surface area contributed by atoms with Crippen LogP contribution in [0.4, 0.5) is 0 Å². The number of aryl methyl sites for hydroxylation is 2. The van der Waals surface area contributed by atoms with E-state index in [0.29, 0.717) is 5.92 Å². The van der Waals surface area contributed by atoms with Crippen molar-refractivity contribution in [3.05, 3.63) is 17.0 Å². The molecule has 150 valence electrons. The molecule has 1 aromatic rings. The highest BCUT2D eigenvalue weighted by molar-refractivity contribution is 14.0. The second-order valence-electron chi connectivity index (χ2n) is 6.61. The van der Waals surface area contributed by atoms with Crippen LogP contribution in [-0.2, 0) is 22.9 Å². The molecule has 0 radical (unpaired) electrons. The van der Waals surface area contributed by atoms with Gasteiger partial charge in [-0.3, -0.25) is 9.67 Å². The quantitative estimate of drug-likeness (QED) is 0.245. The van der Waals surface area contributed by atoms with Crippen molar-refractivity contribution < 1.29 is 9.47 Å². The average molecular weight is 479 g/mol. The molecule has 0 saturated carbocycles. The maximum Gasteiger partial charge on any atom is 0.190 e. The van der Waals surface area contributed by atoms with E-state index in [-0.39, 0.29) is 24.0 Å². The van der Waals surface area contributed by atoms with Crippen molar-refractivity contribution in [1.82, 2.24) is 20.4 Å². The Bertz CT molecular complexity index is 556. The van der Waals surface area contributed by atoms with Gasteiger partial charge < -0.3 is 20.1 Å². The van der Waals surface area contributed by atoms with E-state index in [2.05, 4.69) is 34.6 Å². The van der Waals surface area contributed by atoms with Crippen molar-refractivity contribution in [2.24, 2.45) is 18.0 Å². The number of hydrogen-bond acceptors (Lipinski definition) is 4. The Balaban J connectivity index is 0.00000338. The monoisotopic (exact) mass is 479 g/mol. The van der Waals surface area contributed by atoms with E-state index >= 15 is 0 Å². The Labute approximate surface area is 174 Å². The second-order valence-corrected chi connectivity index (χ2v) is 6.61. The number of nitrogens with zero attached hydrogens (tertiary/aromatic N) is 3. The Morgan fingerprint density at radius 2 is 2.12 bits per heavy atom. The van der Waals surface area contributed by atoms with Gasteiger partial charge in [0.05, 0.1) is 18.9 Å². The largest absolute Gasteiger partial charge is 0.381 e. The van der Waals surface area contributed by atoms with Crippen LogP contribution in [0.1, 0.15) is 29.8 Å². The van der Waals surface area contributed by atoms with Gasteiger partial charge in [0, 0.05) is 52.0 Å². The first-order valence-corrected chi connectivity index (χ1v) is 9.21. The van der Waals surface area contributed by atoms with Crippen molar-refractivity contribution in [3.8, 4) is 0 Å². The van der Waals surface area contributed by atoms with Crippen LogP contribution in [0, 0.1) is 19.8 Å². The van der Waals surface area contributed by atoms with E-state index in [9.17, 15) is 0 Å². The highest BCUT2D eigenvalue weighted by Gasteiger charge is 2.15. The van der Waals surface area contributed by atoms with Gasteiger partial charge in [0.15, 0.2) is 5.96 Å². The van der Waals surface area contributed by atoms with E-state index in [1.807, 2.05) is 11.7 Å². The zero-order chi connectivity index (χ0) is 18.1. The normalized spacial score (nSPS) is 17.2. The standard InChI is InChI=1S/C18H33N5O2.HI/c1-14-17(15(2)23(4)22-14)6-9-21-18(19-3)20-8-5-10-24-12-16-7-11-25-13-16;/h16H,5-13H2,1-4H3,(H2,19,20,21);1H. The summed E-state index contributed by atoms with van der Waals surface area (Å²) in [7, 11) is 3.79. The summed E-state index contributed by atoms with van der Waals surface area (Å²) in [6, 6.07) is 0. The number of ether oxygens (including phenoxy) is 2. The van der Waals surface area contributed by atoms with Crippen molar-refractivity contribution in [1.29, 1.82) is 0 Å². The predicted molar refractivity (Wildman–Crippen MR) is 116 cm³/mol. The molecule has 1 aliphatic rings. The van der Waals surface area contributed by atoms with Crippen LogP contribution >= 0.6 is 24.0 Å². The molecule has 1 unspecified atom stereocenters. The average Bonchev–Trinajstić information content (AvgIpc) is 3.19. The summed E-state index contributed by atoms with van der Waals surface area (Å²) in [5, 5.41) is 11.2. The molecule has 0 amide bonds. The molecule has 0 bridgehead atoms. The SMILES string of the molecule is CN=C(NCCCOCC1CCOC1)NCCc1c(C)nn(C)c1C.I. The lowest BCUT2D eigenvalue weighted by molar-refractivity contribution is 0.0888. The third kappa shape index (κ3) is 7.40. The second kappa shape index (κ2) is 12.5. The Kier molecular flexibility index (Phi) is 11.1. The molecule has 1 atom stereocenters. The lowest BCUT2D eigenvalue weighted by atomic mass is 10.1. The number of rotatable bonds is 9. The van der Waals surface area contributed by atoms with Gasteiger partial charge in [-0.2, -0.15) is 5.10 Å². The lowest BCUT2D eigenvalue weighted by Crippen LogP contribution is -2.39. The molecule has 7 nitrogen and oxygen atoms in total. The molecule has 0 aromatic carbocycles. The number of halogens is 1. The van der Waals surface area contributed by atoms with Crippen molar-refractivity contribution in [3.63, 3.8) is 0 Å². The Hall–Kier alpha value is -0.870. The highest BCUT2D eigenvalue weighted by Crippen LogP contribution is 2.12. The van der Waals surface area contributed by atoms with Crippen molar-refractivity contribution in [2.75, 3.05) is 46.6 Å². The van der Waals surface area contributed by atoms with Crippen LogP contribution in [0.25, 0.3) is 0 Å². The summed E-state index contributed by atoms with van der Waals surface area (Å²) in [6.07, 6.45) is 3.04. The molecular formula is C18H34IN5O2. The number of aliphatic imine (C=N–C) groups is 1. The fraction of sp³-hybridized carbons (Fsp3) is 0.778. The molecule has 0 spiro atoms. The summed E-state index contributed by atoms with van der Waals surface area (Å²) in [5.41, 5.74) is 3.65. The molecular weight excluding hydrogens is 445 g/mol. The molecule has 2 heterocycles. The molecule has 2 rings (SSSR count). The van der Waals surface area contributed by atoms with Gasteiger partial charge >= 0.3 is 0 Å². The number of guanidine groups is 1. The molecule has 2 N–H and O–H groups in total.